The highest BCUT2D eigenvalue weighted by molar-refractivity contribution is 6.32. The predicted octanol–water partition coefficient (Wildman–Crippen LogP) is 1.72. The maximum Gasteiger partial charge on any atom is 0.288 e. The van der Waals surface area contributed by atoms with Gasteiger partial charge in [0.15, 0.2) is 0 Å². The number of nitro benzene ring substituents is 1. The molecule has 0 saturated carbocycles. The lowest BCUT2D eigenvalue weighted by molar-refractivity contribution is -0.384. The Balaban J connectivity index is 3.30. The van der Waals surface area contributed by atoms with Gasteiger partial charge in [-0.25, -0.2) is 0 Å². The van der Waals surface area contributed by atoms with Gasteiger partial charge < -0.3 is 10.5 Å². The molecule has 0 heterocycles. The summed E-state index contributed by atoms with van der Waals surface area (Å²) in [5.41, 5.74) is 5.80. The molecule has 0 aliphatic rings. The maximum absolute atomic E-state index is 10.5. The molecule has 0 aromatic heterocycles. The average molecular weight is 217 g/mol. The smallest absolute Gasteiger partial charge is 0.288 e. The van der Waals surface area contributed by atoms with E-state index in [1.54, 1.807) is 0 Å². The molecule has 2 N–H and O–H groups in total. The molecule has 0 atom stereocenters. The Bertz CT molecular complexity index is 368. The lowest BCUT2D eigenvalue weighted by atomic mass is 10.2. The fourth-order valence-corrected chi connectivity index (χ4v) is 1.30. The van der Waals surface area contributed by atoms with Gasteiger partial charge in [0.25, 0.3) is 5.69 Å². The highest BCUT2D eigenvalue weighted by Gasteiger charge is 2.16. The van der Waals surface area contributed by atoms with Crippen LogP contribution in [0.3, 0.4) is 0 Å². The van der Waals surface area contributed by atoms with E-state index in [0.29, 0.717) is 11.3 Å². The van der Waals surface area contributed by atoms with Crippen molar-refractivity contribution in [3.05, 3.63) is 32.8 Å². The zero-order valence-electron chi connectivity index (χ0n) is 7.49. The first-order chi connectivity index (χ1) is 6.60. The third kappa shape index (κ3) is 1.94. The van der Waals surface area contributed by atoms with Crippen LogP contribution in [0.1, 0.15) is 5.56 Å². The van der Waals surface area contributed by atoms with Crippen LogP contribution >= 0.6 is 11.6 Å². The topological polar surface area (TPSA) is 78.4 Å². The van der Waals surface area contributed by atoms with Crippen molar-refractivity contribution >= 4 is 17.3 Å². The summed E-state index contributed by atoms with van der Waals surface area (Å²) >= 11 is 5.67. The van der Waals surface area contributed by atoms with E-state index in [9.17, 15) is 10.1 Å². The second-order valence-corrected chi connectivity index (χ2v) is 2.98. The summed E-state index contributed by atoms with van der Waals surface area (Å²) in [6, 6.07) is 2.71. The van der Waals surface area contributed by atoms with E-state index in [0.717, 1.165) is 0 Å². The average Bonchev–Trinajstić information content (AvgIpc) is 2.16. The molecule has 14 heavy (non-hydrogen) atoms. The first-order valence-corrected chi connectivity index (χ1v) is 4.18. The van der Waals surface area contributed by atoms with Gasteiger partial charge in [-0.1, -0.05) is 11.6 Å². The van der Waals surface area contributed by atoms with E-state index in [1.807, 2.05) is 0 Å². The third-order valence-corrected chi connectivity index (χ3v) is 2.07. The first-order valence-electron chi connectivity index (χ1n) is 3.81. The summed E-state index contributed by atoms with van der Waals surface area (Å²) in [6.07, 6.45) is 0. The molecule has 0 saturated heterocycles. The fraction of sp³-hybridized carbons (Fsp3) is 0.250. The second kappa shape index (κ2) is 4.26. The second-order valence-electron chi connectivity index (χ2n) is 2.58. The molecule has 76 valence electrons. The molecule has 1 aromatic rings. The minimum absolute atomic E-state index is 0.0454. The molecule has 1 aromatic carbocycles. The van der Waals surface area contributed by atoms with Crippen LogP contribution < -0.4 is 10.5 Å². The van der Waals surface area contributed by atoms with Crippen molar-refractivity contribution in [2.45, 2.75) is 6.54 Å². The quantitative estimate of drug-likeness (QED) is 0.616. The molecule has 0 fully saturated rings. The zero-order chi connectivity index (χ0) is 10.7. The Labute approximate surface area is 85.6 Å². The summed E-state index contributed by atoms with van der Waals surface area (Å²) in [6.45, 7) is 0.168. The highest BCUT2D eigenvalue weighted by Crippen LogP contribution is 2.31. The number of benzene rings is 1. The summed E-state index contributed by atoms with van der Waals surface area (Å²) in [5, 5.41) is 10.6. The number of methoxy groups -OCH3 is 1. The molecule has 0 aliphatic carbocycles. The fourth-order valence-electron chi connectivity index (χ4n) is 1.08. The number of nitrogens with zero attached hydrogens (tertiary/aromatic N) is 1. The summed E-state index contributed by atoms with van der Waals surface area (Å²) in [7, 11) is 1.46. The van der Waals surface area contributed by atoms with Crippen LogP contribution in [-0.2, 0) is 6.54 Å². The van der Waals surface area contributed by atoms with E-state index in [1.165, 1.54) is 19.2 Å². The summed E-state index contributed by atoms with van der Waals surface area (Å²) in [4.78, 5) is 9.97. The largest absolute Gasteiger partial charge is 0.496 e. The molecular formula is C8H9ClN2O3. The van der Waals surface area contributed by atoms with Gasteiger partial charge in [0.1, 0.15) is 10.8 Å². The van der Waals surface area contributed by atoms with Crippen LogP contribution in [0.15, 0.2) is 12.1 Å². The molecule has 0 aliphatic heterocycles. The SMILES string of the molecule is COc1cc(Cl)c([N+](=O)[O-])cc1CN. The minimum Gasteiger partial charge on any atom is -0.496 e. The van der Waals surface area contributed by atoms with Gasteiger partial charge in [-0.05, 0) is 0 Å². The molecule has 0 radical (unpaired) electrons. The van der Waals surface area contributed by atoms with Crippen molar-refractivity contribution < 1.29 is 9.66 Å². The van der Waals surface area contributed by atoms with Gasteiger partial charge in [-0.15, -0.1) is 0 Å². The Hall–Kier alpha value is -1.33. The lowest BCUT2D eigenvalue weighted by Gasteiger charge is -2.06. The van der Waals surface area contributed by atoms with Crippen molar-refractivity contribution in [2.24, 2.45) is 5.73 Å². The number of hydrogen-bond donors (Lipinski definition) is 1. The van der Waals surface area contributed by atoms with Crippen molar-refractivity contribution in [1.82, 2.24) is 0 Å². The van der Waals surface area contributed by atoms with Gasteiger partial charge in [0, 0.05) is 24.2 Å². The van der Waals surface area contributed by atoms with Crippen molar-refractivity contribution in [1.29, 1.82) is 0 Å². The number of rotatable bonds is 3. The van der Waals surface area contributed by atoms with Crippen molar-refractivity contribution in [3.63, 3.8) is 0 Å². The summed E-state index contributed by atoms with van der Waals surface area (Å²) in [5.74, 6) is 0.461. The van der Waals surface area contributed by atoms with E-state index in [-0.39, 0.29) is 17.3 Å². The highest BCUT2D eigenvalue weighted by atomic mass is 35.5. The van der Waals surface area contributed by atoms with Crippen LogP contribution in [0.2, 0.25) is 5.02 Å². The van der Waals surface area contributed by atoms with Crippen LogP contribution in [0.5, 0.6) is 5.75 Å². The number of nitrogens with two attached hydrogens (primary N) is 1. The molecule has 5 nitrogen and oxygen atoms in total. The van der Waals surface area contributed by atoms with Gasteiger partial charge in [0.2, 0.25) is 0 Å². The monoisotopic (exact) mass is 216 g/mol. The molecule has 1 rings (SSSR count). The number of ether oxygens (including phenoxy) is 1. The Morgan fingerprint density at radius 1 is 1.64 bits per heavy atom. The van der Waals surface area contributed by atoms with E-state index < -0.39 is 4.92 Å². The van der Waals surface area contributed by atoms with Crippen LogP contribution in [-0.4, -0.2) is 12.0 Å². The number of nitro groups is 1. The van der Waals surface area contributed by atoms with E-state index in [4.69, 9.17) is 22.1 Å². The lowest BCUT2D eigenvalue weighted by Crippen LogP contribution is -2.01. The normalized spacial score (nSPS) is 9.93. The molecule has 6 heteroatoms. The zero-order valence-corrected chi connectivity index (χ0v) is 8.25. The molecular weight excluding hydrogens is 208 g/mol. The third-order valence-electron chi connectivity index (χ3n) is 1.77. The standard InChI is InChI=1S/C8H9ClN2O3/c1-14-8-3-6(9)7(11(12)13)2-5(8)4-10/h2-3H,4,10H2,1H3. The van der Waals surface area contributed by atoms with Gasteiger partial charge >= 0.3 is 0 Å². The van der Waals surface area contributed by atoms with Gasteiger partial charge in [-0.2, -0.15) is 0 Å². The molecule has 0 spiro atoms. The van der Waals surface area contributed by atoms with Crippen LogP contribution in [0.25, 0.3) is 0 Å². The Morgan fingerprint density at radius 3 is 2.71 bits per heavy atom. The molecule has 0 amide bonds. The maximum atomic E-state index is 10.5. The Kier molecular flexibility index (Phi) is 3.27. The minimum atomic E-state index is -0.555. The van der Waals surface area contributed by atoms with Crippen LogP contribution in [0, 0.1) is 10.1 Å². The van der Waals surface area contributed by atoms with Crippen molar-refractivity contribution in [2.75, 3.05) is 7.11 Å². The van der Waals surface area contributed by atoms with Crippen LogP contribution in [0.4, 0.5) is 5.69 Å². The van der Waals surface area contributed by atoms with E-state index in [2.05, 4.69) is 0 Å². The predicted molar refractivity (Wildman–Crippen MR) is 52.5 cm³/mol. The van der Waals surface area contributed by atoms with Gasteiger partial charge in [0.05, 0.1) is 12.0 Å². The Morgan fingerprint density at radius 2 is 2.29 bits per heavy atom. The van der Waals surface area contributed by atoms with Gasteiger partial charge in [-0.3, -0.25) is 10.1 Å². The van der Waals surface area contributed by atoms with Crippen molar-refractivity contribution in [3.8, 4) is 5.75 Å². The number of halogens is 1. The first kappa shape index (κ1) is 10.7. The molecule has 0 unspecified atom stereocenters. The number of hydrogen-bond acceptors (Lipinski definition) is 4. The van der Waals surface area contributed by atoms with E-state index >= 15 is 0 Å². The molecule has 0 bridgehead atoms. The summed E-state index contributed by atoms with van der Waals surface area (Å²) < 4.78 is 4.96.